The van der Waals surface area contributed by atoms with Crippen molar-refractivity contribution in [1.82, 2.24) is 9.55 Å². The number of ketones is 1. The Bertz CT molecular complexity index is 666. The van der Waals surface area contributed by atoms with Gasteiger partial charge in [0.2, 0.25) is 0 Å². The average Bonchev–Trinajstić information content (AvgIpc) is 2.83. The van der Waals surface area contributed by atoms with Crippen LogP contribution in [-0.2, 0) is 11.3 Å². The van der Waals surface area contributed by atoms with Crippen LogP contribution in [0.1, 0.15) is 51.3 Å². The van der Waals surface area contributed by atoms with E-state index in [0.29, 0.717) is 19.4 Å². The van der Waals surface area contributed by atoms with Crippen molar-refractivity contribution in [3.8, 4) is 6.07 Å². The van der Waals surface area contributed by atoms with Crippen LogP contribution in [0.25, 0.3) is 11.0 Å². The molecule has 0 radical (unpaired) electrons. The van der Waals surface area contributed by atoms with Crippen LogP contribution in [-0.4, -0.2) is 15.3 Å². The lowest BCUT2D eigenvalue weighted by molar-refractivity contribution is -0.117. The van der Waals surface area contributed by atoms with Gasteiger partial charge in [-0.3, -0.25) is 0 Å². The predicted molar refractivity (Wildman–Crippen MR) is 82.9 cm³/mol. The molecule has 4 nitrogen and oxygen atoms in total. The first-order valence-electron chi connectivity index (χ1n) is 7.49. The normalized spacial score (nSPS) is 12.2. The number of carbonyl (C=O) groups excluding carboxylic acids is 1. The third-order valence-electron chi connectivity index (χ3n) is 3.67. The molecule has 0 aliphatic heterocycles. The maximum absolute atomic E-state index is 11.6. The fourth-order valence-corrected chi connectivity index (χ4v) is 2.82. The molecule has 2 rings (SSSR count). The van der Waals surface area contributed by atoms with Gasteiger partial charge in [-0.2, -0.15) is 5.26 Å². The van der Waals surface area contributed by atoms with E-state index in [0.717, 1.165) is 29.7 Å². The number of carbonyl (C=O) groups is 1. The van der Waals surface area contributed by atoms with Gasteiger partial charge in [0.05, 0.1) is 23.5 Å². The largest absolute Gasteiger partial charge is 0.327 e. The highest BCUT2D eigenvalue weighted by molar-refractivity contribution is 5.78. The number of imidazole rings is 1. The lowest BCUT2D eigenvalue weighted by Gasteiger charge is -2.16. The lowest BCUT2D eigenvalue weighted by Crippen LogP contribution is -2.12. The molecule has 0 N–H and O–H groups in total. The van der Waals surface area contributed by atoms with E-state index < -0.39 is 0 Å². The Hall–Kier alpha value is -2.15. The van der Waals surface area contributed by atoms with Crippen molar-refractivity contribution in [2.45, 2.75) is 52.0 Å². The number of nitrogens with zero attached hydrogens (tertiary/aromatic N) is 3. The van der Waals surface area contributed by atoms with Gasteiger partial charge < -0.3 is 9.36 Å². The van der Waals surface area contributed by atoms with E-state index in [4.69, 9.17) is 10.2 Å². The molecule has 0 saturated carbocycles. The summed E-state index contributed by atoms with van der Waals surface area (Å²) in [5.41, 5.74) is 1.99. The van der Waals surface area contributed by atoms with E-state index in [2.05, 4.69) is 17.6 Å². The van der Waals surface area contributed by atoms with Crippen LogP contribution in [0.2, 0.25) is 0 Å². The maximum Gasteiger partial charge on any atom is 0.130 e. The van der Waals surface area contributed by atoms with Crippen molar-refractivity contribution in [2.24, 2.45) is 0 Å². The van der Waals surface area contributed by atoms with Crippen molar-refractivity contribution in [2.75, 3.05) is 0 Å². The molecule has 0 fully saturated rings. The Morgan fingerprint density at radius 1 is 1.43 bits per heavy atom. The second-order valence-electron chi connectivity index (χ2n) is 5.41. The van der Waals surface area contributed by atoms with Crippen LogP contribution in [0.5, 0.6) is 0 Å². The number of aryl methyl sites for hydroxylation is 1. The fourth-order valence-electron chi connectivity index (χ4n) is 2.82. The Balaban J connectivity index is 2.48. The molecule has 4 heteroatoms. The zero-order chi connectivity index (χ0) is 15.2. The van der Waals surface area contributed by atoms with Crippen LogP contribution in [0.15, 0.2) is 24.3 Å². The molecule has 2 aromatic rings. The van der Waals surface area contributed by atoms with E-state index in [1.165, 1.54) is 0 Å². The fraction of sp³-hybridized carbons (Fsp3) is 0.471. The molecule has 0 aliphatic rings. The number of aromatic nitrogens is 2. The minimum atomic E-state index is 0.138. The van der Waals surface area contributed by atoms with Gasteiger partial charge in [-0.1, -0.05) is 25.5 Å². The zero-order valence-corrected chi connectivity index (χ0v) is 12.7. The van der Waals surface area contributed by atoms with Gasteiger partial charge in [0, 0.05) is 18.9 Å². The summed E-state index contributed by atoms with van der Waals surface area (Å²) in [6.45, 7) is 4.38. The quantitative estimate of drug-likeness (QED) is 0.776. The Labute approximate surface area is 125 Å². The molecule has 1 aromatic carbocycles. The molecule has 110 valence electrons. The second kappa shape index (κ2) is 7.03. The van der Waals surface area contributed by atoms with Crippen LogP contribution in [0.4, 0.5) is 0 Å². The molecule has 0 spiro atoms. The van der Waals surface area contributed by atoms with E-state index in [9.17, 15) is 4.79 Å². The number of fused-ring (bicyclic) bond motifs is 1. The number of hydrogen-bond donors (Lipinski definition) is 0. The molecule has 0 bridgehead atoms. The van der Waals surface area contributed by atoms with Crippen LogP contribution in [0.3, 0.4) is 0 Å². The Morgan fingerprint density at radius 2 is 2.19 bits per heavy atom. The summed E-state index contributed by atoms with van der Waals surface area (Å²) >= 11 is 0. The van der Waals surface area contributed by atoms with Gasteiger partial charge in [0.15, 0.2) is 0 Å². The highest BCUT2D eigenvalue weighted by Crippen LogP contribution is 2.28. The summed E-state index contributed by atoms with van der Waals surface area (Å²) in [5, 5.41) is 8.88. The molecule has 0 amide bonds. The van der Waals surface area contributed by atoms with Crippen molar-refractivity contribution < 1.29 is 4.79 Å². The predicted octanol–water partition coefficient (Wildman–Crippen LogP) is 3.81. The summed E-state index contributed by atoms with van der Waals surface area (Å²) in [7, 11) is 0. The molecule has 21 heavy (non-hydrogen) atoms. The molecule has 1 heterocycles. The Morgan fingerprint density at radius 3 is 2.86 bits per heavy atom. The van der Waals surface area contributed by atoms with E-state index in [-0.39, 0.29) is 11.7 Å². The van der Waals surface area contributed by atoms with Crippen LogP contribution in [0, 0.1) is 11.3 Å². The third kappa shape index (κ3) is 3.49. The van der Waals surface area contributed by atoms with Crippen molar-refractivity contribution in [3.05, 3.63) is 30.1 Å². The number of hydrogen-bond acceptors (Lipinski definition) is 3. The average molecular weight is 283 g/mol. The monoisotopic (exact) mass is 283 g/mol. The molecule has 1 atom stereocenters. The number of nitriles is 1. The SMILES string of the molecule is CCCC(CC(C)=O)c1nc2ccccc2n1CCC#N. The topological polar surface area (TPSA) is 58.7 Å². The van der Waals surface area contributed by atoms with Gasteiger partial charge in [-0.05, 0) is 25.5 Å². The van der Waals surface area contributed by atoms with Crippen molar-refractivity contribution >= 4 is 16.8 Å². The van der Waals surface area contributed by atoms with Crippen molar-refractivity contribution in [1.29, 1.82) is 5.26 Å². The highest BCUT2D eigenvalue weighted by Gasteiger charge is 2.20. The van der Waals surface area contributed by atoms with Gasteiger partial charge in [0.1, 0.15) is 11.6 Å². The number of benzene rings is 1. The lowest BCUT2D eigenvalue weighted by atomic mass is 9.97. The number of rotatable bonds is 7. The second-order valence-corrected chi connectivity index (χ2v) is 5.41. The molecule has 0 aliphatic carbocycles. The van der Waals surface area contributed by atoms with Crippen molar-refractivity contribution in [3.63, 3.8) is 0 Å². The van der Waals surface area contributed by atoms with E-state index in [1.54, 1.807) is 6.92 Å². The molecular formula is C17H21N3O. The molecule has 0 saturated heterocycles. The minimum Gasteiger partial charge on any atom is -0.327 e. The van der Waals surface area contributed by atoms with E-state index >= 15 is 0 Å². The first-order chi connectivity index (χ1) is 10.2. The Kier molecular flexibility index (Phi) is 5.10. The number of Topliss-reactive ketones (excluding diaryl/α,β-unsaturated/α-hetero) is 1. The summed E-state index contributed by atoms with van der Waals surface area (Å²) in [6.07, 6.45) is 2.92. The van der Waals surface area contributed by atoms with Gasteiger partial charge in [-0.25, -0.2) is 4.98 Å². The van der Waals surface area contributed by atoms with Gasteiger partial charge in [0.25, 0.3) is 0 Å². The van der Waals surface area contributed by atoms with Crippen LogP contribution < -0.4 is 0 Å². The maximum atomic E-state index is 11.6. The first kappa shape index (κ1) is 15.2. The zero-order valence-electron chi connectivity index (χ0n) is 12.7. The van der Waals surface area contributed by atoms with Crippen LogP contribution >= 0.6 is 0 Å². The molecular weight excluding hydrogens is 262 g/mol. The third-order valence-corrected chi connectivity index (χ3v) is 3.67. The summed E-state index contributed by atoms with van der Waals surface area (Å²) in [6, 6.07) is 10.2. The highest BCUT2D eigenvalue weighted by atomic mass is 16.1. The first-order valence-corrected chi connectivity index (χ1v) is 7.49. The van der Waals surface area contributed by atoms with Gasteiger partial charge >= 0.3 is 0 Å². The smallest absolute Gasteiger partial charge is 0.130 e. The minimum absolute atomic E-state index is 0.138. The summed E-state index contributed by atoms with van der Waals surface area (Å²) in [5.74, 6) is 1.27. The number of para-hydroxylation sites is 2. The standard InChI is InChI=1S/C17H21N3O/c1-3-7-14(12-13(2)21)17-19-15-8-4-5-9-16(15)20(17)11-6-10-18/h4-5,8-9,14H,3,6-7,11-12H2,1-2H3. The molecule has 1 unspecified atom stereocenters. The van der Waals surface area contributed by atoms with Gasteiger partial charge in [-0.15, -0.1) is 0 Å². The summed E-state index contributed by atoms with van der Waals surface area (Å²) in [4.78, 5) is 16.3. The summed E-state index contributed by atoms with van der Waals surface area (Å²) < 4.78 is 2.11. The molecule has 1 aromatic heterocycles. The van der Waals surface area contributed by atoms with E-state index in [1.807, 2.05) is 24.3 Å².